The van der Waals surface area contributed by atoms with Crippen LogP contribution in [-0.4, -0.2) is 21.6 Å². The first kappa shape index (κ1) is 29.4. The molecule has 0 aliphatic rings. The van der Waals surface area contributed by atoms with E-state index in [-0.39, 0.29) is 16.9 Å². The van der Waals surface area contributed by atoms with Crippen molar-refractivity contribution in [1.29, 1.82) is 0 Å². The Bertz CT molecular complexity index is 1020. The first-order valence-electron chi connectivity index (χ1n) is 13.2. The van der Waals surface area contributed by atoms with Crippen molar-refractivity contribution in [2.24, 2.45) is 5.41 Å². The fourth-order valence-electron chi connectivity index (χ4n) is 3.92. The van der Waals surface area contributed by atoms with Gasteiger partial charge in [-0.2, -0.15) is 8.42 Å². The quantitative estimate of drug-likeness (QED) is 0.182. The van der Waals surface area contributed by atoms with E-state index in [4.69, 9.17) is 8.92 Å². The van der Waals surface area contributed by atoms with Crippen LogP contribution in [0.3, 0.4) is 0 Å². The normalized spacial score (nSPS) is 12.2. The predicted octanol–water partition coefficient (Wildman–Crippen LogP) is 8.17. The molecule has 0 aliphatic carbocycles. The molecular weight excluding hydrogens is 456 g/mol. The number of rotatable bonds is 15. The average molecular weight is 503 g/mol. The Morgan fingerprint density at radius 1 is 0.829 bits per heavy atom. The zero-order valence-corrected chi connectivity index (χ0v) is 23.6. The number of hydrogen-bond acceptors (Lipinski definition) is 4. The summed E-state index contributed by atoms with van der Waals surface area (Å²) in [5.41, 5.74) is 3.61. The second kappa shape index (κ2) is 14.0. The van der Waals surface area contributed by atoms with Crippen LogP contribution in [0, 0.1) is 19.3 Å². The summed E-state index contributed by atoms with van der Waals surface area (Å²) >= 11 is 0. The van der Waals surface area contributed by atoms with Crippen LogP contribution in [0.15, 0.2) is 41.3 Å². The summed E-state index contributed by atoms with van der Waals surface area (Å²) in [6.45, 7) is 12.8. The summed E-state index contributed by atoms with van der Waals surface area (Å²) in [5, 5.41) is 0. The molecule has 4 nitrogen and oxygen atoms in total. The van der Waals surface area contributed by atoms with Gasteiger partial charge in [-0.1, -0.05) is 96.9 Å². The Labute approximate surface area is 214 Å². The monoisotopic (exact) mass is 502 g/mol. The lowest BCUT2D eigenvalue weighted by Gasteiger charge is -2.18. The molecule has 0 saturated carbocycles. The lowest BCUT2D eigenvalue weighted by atomic mass is 9.99. The maximum atomic E-state index is 12.9. The van der Waals surface area contributed by atoms with Crippen molar-refractivity contribution >= 4 is 10.1 Å². The fourth-order valence-corrected chi connectivity index (χ4v) is 5.32. The molecule has 0 bridgehead atoms. The van der Waals surface area contributed by atoms with Gasteiger partial charge >= 0.3 is 0 Å². The maximum absolute atomic E-state index is 12.9. The van der Waals surface area contributed by atoms with Gasteiger partial charge in [0.1, 0.15) is 5.75 Å². The Hall–Kier alpha value is -1.85. The Morgan fingerprint density at radius 3 is 2.14 bits per heavy atom. The molecule has 5 heteroatoms. The van der Waals surface area contributed by atoms with Gasteiger partial charge in [-0.3, -0.25) is 4.18 Å². The highest BCUT2D eigenvalue weighted by Gasteiger charge is 2.22. The zero-order valence-electron chi connectivity index (χ0n) is 22.8. The van der Waals surface area contributed by atoms with Gasteiger partial charge in [0.15, 0.2) is 0 Å². The molecule has 0 aromatic heterocycles. The van der Waals surface area contributed by atoms with Gasteiger partial charge in [0.2, 0.25) is 0 Å². The van der Waals surface area contributed by atoms with Crippen molar-refractivity contribution in [1.82, 2.24) is 0 Å². The van der Waals surface area contributed by atoms with Crippen LogP contribution >= 0.6 is 0 Å². The van der Waals surface area contributed by atoms with Gasteiger partial charge in [0.05, 0.1) is 18.1 Å². The van der Waals surface area contributed by atoms with Gasteiger partial charge in [0, 0.05) is 6.42 Å². The van der Waals surface area contributed by atoms with Crippen molar-refractivity contribution in [3.63, 3.8) is 0 Å². The number of hydrogen-bond donors (Lipinski definition) is 0. The molecule has 0 heterocycles. The number of ether oxygens (including phenoxy) is 1. The third kappa shape index (κ3) is 10.7. The van der Waals surface area contributed by atoms with Crippen molar-refractivity contribution < 1.29 is 17.3 Å². The molecule has 196 valence electrons. The van der Waals surface area contributed by atoms with E-state index in [0.29, 0.717) is 18.6 Å². The van der Waals surface area contributed by atoms with Crippen LogP contribution < -0.4 is 4.74 Å². The van der Waals surface area contributed by atoms with E-state index in [1.54, 1.807) is 13.0 Å². The molecule has 0 fully saturated rings. The van der Waals surface area contributed by atoms with Gasteiger partial charge in [-0.15, -0.1) is 0 Å². The van der Waals surface area contributed by atoms with Crippen molar-refractivity contribution in [3.8, 4) is 5.75 Å². The molecule has 0 N–H and O–H groups in total. The molecule has 0 atom stereocenters. The molecule has 0 spiro atoms. The Morgan fingerprint density at radius 2 is 1.49 bits per heavy atom. The minimum Gasteiger partial charge on any atom is -0.493 e. The van der Waals surface area contributed by atoms with Crippen molar-refractivity contribution in [2.75, 3.05) is 13.2 Å². The van der Waals surface area contributed by atoms with Gasteiger partial charge in [-0.25, -0.2) is 0 Å². The summed E-state index contributed by atoms with van der Waals surface area (Å²) in [5.74, 6) is 0.891. The van der Waals surface area contributed by atoms with Gasteiger partial charge in [-0.05, 0) is 60.1 Å². The molecular formula is C30H46O4S. The van der Waals surface area contributed by atoms with E-state index in [1.807, 2.05) is 32.9 Å². The van der Waals surface area contributed by atoms with Crippen LogP contribution in [0.5, 0.6) is 5.75 Å². The molecule has 0 radical (unpaired) electrons. The number of unbranched alkanes of at least 4 members (excludes halogenated alkanes) is 7. The molecule has 0 aliphatic heterocycles. The first-order chi connectivity index (χ1) is 16.5. The second-order valence-corrected chi connectivity index (χ2v) is 12.6. The van der Waals surface area contributed by atoms with E-state index < -0.39 is 10.1 Å². The number of aryl methyl sites for hydroxylation is 2. The molecule has 0 saturated heterocycles. The van der Waals surface area contributed by atoms with E-state index in [1.165, 1.54) is 44.9 Å². The van der Waals surface area contributed by atoms with E-state index in [9.17, 15) is 8.42 Å². The van der Waals surface area contributed by atoms with Crippen LogP contribution in [0.25, 0.3) is 0 Å². The van der Waals surface area contributed by atoms with Gasteiger partial charge < -0.3 is 4.74 Å². The van der Waals surface area contributed by atoms with E-state index >= 15 is 0 Å². The third-order valence-electron chi connectivity index (χ3n) is 6.04. The highest BCUT2D eigenvalue weighted by atomic mass is 32.2. The predicted molar refractivity (Wildman–Crippen MR) is 146 cm³/mol. The first-order valence-corrected chi connectivity index (χ1v) is 14.6. The smallest absolute Gasteiger partial charge is 0.297 e. The van der Waals surface area contributed by atoms with Crippen LogP contribution in [0.1, 0.15) is 101 Å². The Kier molecular flexibility index (Phi) is 11.8. The summed E-state index contributed by atoms with van der Waals surface area (Å²) in [6.07, 6.45) is 10.8. The van der Waals surface area contributed by atoms with Crippen LogP contribution in [-0.2, 0) is 20.7 Å². The van der Waals surface area contributed by atoms with E-state index in [2.05, 4.69) is 32.0 Å². The summed E-state index contributed by atoms with van der Waals surface area (Å²) in [6, 6.07) is 11.8. The van der Waals surface area contributed by atoms with Crippen molar-refractivity contribution in [2.45, 2.75) is 104 Å². The lowest BCUT2D eigenvalue weighted by Crippen LogP contribution is -2.19. The Balaban J connectivity index is 2.02. The van der Waals surface area contributed by atoms with Gasteiger partial charge in [0.25, 0.3) is 10.1 Å². The molecule has 2 rings (SSSR count). The molecule has 0 amide bonds. The minimum absolute atomic E-state index is 0.147. The molecule has 2 aromatic rings. The summed E-state index contributed by atoms with van der Waals surface area (Å²) in [7, 11) is -3.82. The SMILES string of the molecule is CCCCCCCCCCOc1cc(C)ccc1Cc1ccc(C)c(S(=O)(=O)OCC(C)(C)C)c1. The highest BCUT2D eigenvalue weighted by molar-refractivity contribution is 7.86. The van der Waals surface area contributed by atoms with Crippen LogP contribution in [0.4, 0.5) is 0 Å². The molecule has 0 unspecified atom stereocenters. The maximum Gasteiger partial charge on any atom is 0.297 e. The fraction of sp³-hybridized carbons (Fsp3) is 0.600. The topological polar surface area (TPSA) is 52.6 Å². The second-order valence-electron chi connectivity index (χ2n) is 11.0. The molecule has 2 aromatic carbocycles. The number of benzene rings is 2. The molecule has 35 heavy (non-hydrogen) atoms. The standard InChI is InChI=1S/C30H46O4S/c1-7-8-9-10-11-12-13-14-19-33-28-20-24(2)15-18-27(28)21-26-17-16-25(3)29(22-26)35(31,32)34-23-30(4,5)6/h15-18,20,22H,7-14,19,21,23H2,1-6H3. The third-order valence-corrected chi connectivity index (χ3v) is 7.45. The van der Waals surface area contributed by atoms with Crippen LogP contribution in [0.2, 0.25) is 0 Å². The summed E-state index contributed by atoms with van der Waals surface area (Å²) < 4.78 is 37.3. The lowest BCUT2D eigenvalue weighted by molar-refractivity contribution is 0.203. The minimum atomic E-state index is -3.82. The summed E-state index contributed by atoms with van der Waals surface area (Å²) in [4.78, 5) is 0.243. The highest BCUT2D eigenvalue weighted by Crippen LogP contribution is 2.27. The van der Waals surface area contributed by atoms with Crippen molar-refractivity contribution in [3.05, 3.63) is 58.7 Å². The average Bonchev–Trinajstić information content (AvgIpc) is 2.79. The van der Waals surface area contributed by atoms with E-state index in [0.717, 1.165) is 28.9 Å². The zero-order chi connectivity index (χ0) is 25.9. The largest absolute Gasteiger partial charge is 0.493 e.